The molecule has 0 radical (unpaired) electrons. The van der Waals surface area contributed by atoms with Crippen LogP contribution < -0.4 is 10.0 Å². The minimum atomic E-state index is -3.66. The van der Waals surface area contributed by atoms with E-state index in [1.54, 1.807) is 17.6 Å². The molecule has 0 aliphatic rings. The van der Waals surface area contributed by atoms with E-state index in [0.29, 0.717) is 17.5 Å². The fraction of sp³-hybridized carbons (Fsp3) is 0.200. The summed E-state index contributed by atoms with van der Waals surface area (Å²) in [5.74, 6) is 0.337. The van der Waals surface area contributed by atoms with Crippen LogP contribution in [0.2, 0.25) is 0 Å². The molecule has 18 heavy (non-hydrogen) atoms. The van der Waals surface area contributed by atoms with Gasteiger partial charge in [-0.1, -0.05) is 0 Å². The van der Waals surface area contributed by atoms with Crippen LogP contribution in [0.3, 0.4) is 0 Å². The summed E-state index contributed by atoms with van der Waals surface area (Å²) >= 11 is 1.22. The van der Waals surface area contributed by atoms with Crippen molar-refractivity contribution in [1.29, 1.82) is 0 Å². The molecule has 0 aromatic carbocycles. The Kier molecular flexibility index (Phi) is 3.78. The van der Waals surface area contributed by atoms with Crippen molar-refractivity contribution in [2.75, 3.05) is 16.6 Å². The Morgan fingerprint density at radius 2 is 2.17 bits per heavy atom. The SMILES string of the molecule is CCNc1ncccc1S(=O)(=O)Nc1nccs1. The summed E-state index contributed by atoms with van der Waals surface area (Å²) in [5, 5.41) is 4.95. The molecule has 0 aliphatic carbocycles. The van der Waals surface area contributed by atoms with Gasteiger partial charge in [0.2, 0.25) is 0 Å². The van der Waals surface area contributed by atoms with Crippen molar-refractivity contribution in [3.05, 3.63) is 29.9 Å². The molecule has 8 heteroatoms. The first-order valence-corrected chi connectivity index (χ1v) is 7.61. The zero-order chi connectivity index (χ0) is 13.0. The maximum atomic E-state index is 12.2. The summed E-state index contributed by atoms with van der Waals surface area (Å²) < 4.78 is 26.8. The molecule has 2 aromatic heterocycles. The van der Waals surface area contributed by atoms with Gasteiger partial charge in [-0.3, -0.25) is 4.72 Å². The maximum Gasteiger partial charge on any atom is 0.267 e. The van der Waals surface area contributed by atoms with Gasteiger partial charge in [0.05, 0.1) is 0 Å². The molecule has 0 saturated carbocycles. The molecule has 2 aromatic rings. The van der Waals surface area contributed by atoms with Crippen LogP contribution in [0, 0.1) is 0 Å². The van der Waals surface area contributed by atoms with Crippen LogP contribution in [-0.4, -0.2) is 24.9 Å². The van der Waals surface area contributed by atoms with Crippen LogP contribution >= 0.6 is 11.3 Å². The van der Waals surface area contributed by atoms with Gasteiger partial charge in [-0.05, 0) is 19.1 Å². The third-order valence-electron chi connectivity index (χ3n) is 2.06. The van der Waals surface area contributed by atoms with Gasteiger partial charge in [0.1, 0.15) is 10.7 Å². The Morgan fingerprint density at radius 1 is 1.33 bits per heavy atom. The normalized spacial score (nSPS) is 11.2. The fourth-order valence-corrected chi connectivity index (χ4v) is 3.27. The van der Waals surface area contributed by atoms with E-state index in [1.165, 1.54) is 23.6 Å². The van der Waals surface area contributed by atoms with Gasteiger partial charge >= 0.3 is 0 Å². The average molecular weight is 284 g/mol. The average Bonchev–Trinajstić information content (AvgIpc) is 2.82. The molecular weight excluding hydrogens is 272 g/mol. The highest BCUT2D eigenvalue weighted by atomic mass is 32.2. The lowest BCUT2D eigenvalue weighted by atomic mass is 10.4. The van der Waals surface area contributed by atoms with Crippen molar-refractivity contribution in [2.24, 2.45) is 0 Å². The van der Waals surface area contributed by atoms with E-state index in [2.05, 4.69) is 20.0 Å². The number of pyridine rings is 1. The largest absolute Gasteiger partial charge is 0.369 e. The van der Waals surface area contributed by atoms with Gasteiger partial charge in [-0.2, -0.15) is 0 Å². The molecule has 96 valence electrons. The maximum absolute atomic E-state index is 12.2. The molecule has 0 atom stereocenters. The van der Waals surface area contributed by atoms with Crippen molar-refractivity contribution in [1.82, 2.24) is 9.97 Å². The van der Waals surface area contributed by atoms with Gasteiger partial charge in [-0.15, -0.1) is 11.3 Å². The third-order valence-corrected chi connectivity index (χ3v) is 4.25. The van der Waals surface area contributed by atoms with Crippen molar-refractivity contribution < 1.29 is 8.42 Å². The standard InChI is InChI=1S/C10H12N4O2S2/c1-2-11-9-8(4-3-5-12-9)18(15,16)14-10-13-6-7-17-10/h3-7H,2H2,1H3,(H,11,12)(H,13,14). The summed E-state index contributed by atoms with van der Waals surface area (Å²) in [6.45, 7) is 2.47. The van der Waals surface area contributed by atoms with Gasteiger partial charge < -0.3 is 5.32 Å². The number of hydrogen-bond donors (Lipinski definition) is 2. The van der Waals surface area contributed by atoms with Gasteiger partial charge in [0, 0.05) is 24.3 Å². The summed E-state index contributed by atoms with van der Waals surface area (Å²) in [5.41, 5.74) is 0. The molecule has 0 amide bonds. The van der Waals surface area contributed by atoms with E-state index >= 15 is 0 Å². The van der Waals surface area contributed by atoms with E-state index in [-0.39, 0.29) is 4.90 Å². The molecule has 0 fully saturated rings. The summed E-state index contributed by atoms with van der Waals surface area (Å²) in [7, 11) is -3.66. The highest BCUT2D eigenvalue weighted by Crippen LogP contribution is 2.22. The number of aromatic nitrogens is 2. The molecular formula is C10H12N4O2S2. The highest BCUT2D eigenvalue weighted by Gasteiger charge is 2.19. The molecule has 0 bridgehead atoms. The molecule has 2 heterocycles. The quantitative estimate of drug-likeness (QED) is 0.874. The topological polar surface area (TPSA) is 84.0 Å². The van der Waals surface area contributed by atoms with Crippen molar-refractivity contribution in [3.8, 4) is 0 Å². The number of sulfonamides is 1. The predicted octanol–water partition coefficient (Wildman–Crippen LogP) is 1.77. The van der Waals surface area contributed by atoms with Gasteiger partial charge in [-0.25, -0.2) is 18.4 Å². The van der Waals surface area contributed by atoms with Gasteiger partial charge in [0.25, 0.3) is 10.0 Å². The van der Waals surface area contributed by atoms with Crippen LogP contribution in [-0.2, 0) is 10.0 Å². The monoisotopic (exact) mass is 284 g/mol. The van der Waals surface area contributed by atoms with Crippen LogP contribution in [0.25, 0.3) is 0 Å². The van der Waals surface area contributed by atoms with Crippen molar-refractivity contribution >= 4 is 32.3 Å². The lowest BCUT2D eigenvalue weighted by molar-refractivity contribution is 0.601. The molecule has 0 aliphatic heterocycles. The van der Waals surface area contributed by atoms with Crippen molar-refractivity contribution in [3.63, 3.8) is 0 Å². The minimum absolute atomic E-state index is 0.113. The molecule has 0 saturated heterocycles. The number of rotatable bonds is 5. The second kappa shape index (κ2) is 5.32. The van der Waals surface area contributed by atoms with E-state index in [4.69, 9.17) is 0 Å². The second-order valence-electron chi connectivity index (χ2n) is 3.32. The molecule has 6 nitrogen and oxygen atoms in total. The first-order chi connectivity index (χ1) is 8.63. The first-order valence-electron chi connectivity index (χ1n) is 5.24. The van der Waals surface area contributed by atoms with Crippen LogP contribution in [0.5, 0.6) is 0 Å². The molecule has 0 spiro atoms. The van der Waals surface area contributed by atoms with Gasteiger partial charge in [0.15, 0.2) is 5.13 Å². The Bertz CT molecular complexity index is 611. The minimum Gasteiger partial charge on any atom is -0.369 e. The van der Waals surface area contributed by atoms with Crippen LogP contribution in [0.4, 0.5) is 10.9 Å². The zero-order valence-electron chi connectivity index (χ0n) is 9.62. The predicted molar refractivity (Wildman–Crippen MR) is 71.3 cm³/mol. The number of anilines is 2. The number of nitrogens with zero attached hydrogens (tertiary/aromatic N) is 2. The fourth-order valence-electron chi connectivity index (χ4n) is 1.35. The van der Waals surface area contributed by atoms with Crippen LogP contribution in [0.1, 0.15) is 6.92 Å². The Balaban J connectivity index is 2.35. The van der Waals surface area contributed by atoms with E-state index < -0.39 is 10.0 Å². The summed E-state index contributed by atoms with van der Waals surface area (Å²) in [4.78, 5) is 8.02. The van der Waals surface area contributed by atoms with E-state index in [1.807, 2.05) is 6.92 Å². The number of thiazole rings is 1. The van der Waals surface area contributed by atoms with E-state index in [9.17, 15) is 8.42 Å². The van der Waals surface area contributed by atoms with Crippen molar-refractivity contribution in [2.45, 2.75) is 11.8 Å². The second-order valence-corrected chi connectivity index (χ2v) is 5.87. The Labute approximate surface area is 109 Å². The number of hydrogen-bond acceptors (Lipinski definition) is 6. The van der Waals surface area contributed by atoms with Crippen LogP contribution in [0.15, 0.2) is 34.8 Å². The molecule has 2 N–H and O–H groups in total. The summed E-state index contributed by atoms with van der Waals surface area (Å²) in [6, 6.07) is 3.08. The van der Waals surface area contributed by atoms with E-state index in [0.717, 1.165) is 0 Å². The number of nitrogens with one attached hydrogen (secondary N) is 2. The Hall–Kier alpha value is -1.67. The molecule has 0 unspecified atom stereocenters. The Morgan fingerprint density at radius 3 is 2.83 bits per heavy atom. The lowest BCUT2D eigenvalue weighted by Gasteiger charge is -2.10. The smallest absolute Gasteiger partial charge is 0.267 e. The highest BCUT2D eigenvalue weighted by molar-refractivity contribution is 7.93. The zero-order valence-corrected chi connectivity index (χ0v) is 11.3. The summed E-state index contributed by atoms with van der Waals surface area (Å²) in [6.07, 6.45) is 3.08. The molecule has 2 rings (SSSR count). The first kappa shape index (κ1) is 12.8. The lowest BCUT2D eigenvalue weighted by Crippen LogP contribution is -2.16. The third kappa shape index (κ3) is 2.77.